The number of ether oxygens (including phenoxy) is 2. The van der Waals surface area contributed by atoms with Crippen molar-refractivity contribution in [1.82, 2.24) is 15.5 Å². The maximum Gasteiger partial charge on any atom is 0.500 e. The van der Waals surface area contributed by atoms with Crippen LogP contribution in [0.1, 0.15) is 6.42 Å². The first kappa shape index (κ1) is 25.8. The van der Waals surface area contributed by atoms with E-state index in [4.69, 9.17) is 22.8 Å². The number of alkyl carbamates (subject to hydrolysis) is 1. The lowest BCUT2D eigenvalue weighted by molar-refractivity contribution is -0.137. The van der Waals surface area contributed by atoms with Crippen LogP contribution in [0, 0.1) is 0 Å². The van der Waals surface area contributed by atoms with Crippen molar-refractivity contribution < 1.29 is 37.1 Å². The number of amides is 3. The molecule has 28 heavy (non-hydrogen) atoms. The first-order chi connectivity index (χ1) is 13.3. The fourth-order valence-corrected chi connectivity index (χ4v) is 3.71. The first-order valence-electron chi connectivity index (χ1n) is 8.68. The minimum atomic E-state index is -2.63. The van der Waals surface area contributed by atoms with Crippen molar-refractivity contribution in [1.29, 1.82) is 0 Å². The van der Waals surface area contributed by atoms with Gasteiger partial charge in [-0.25, -0.2) is 14.4 Å². The summed E-state index contributed by atoms with van der Waals surface area (Å²) in [6.45, 7) is 4.06. The highest BCUT2D eigenvalue weighted by Gasteiger charge is 2.36. The standard InChI is InChI=1S/C16H31N3O8Si/c1-6-14(20)26-11-9-18-16(22)27-12-10-19(2)15(21)17-8-7-13-28(23-3,24-4)25-5/h6H,1,7-13H2,2-5H3,(H,17,21)(H,18,22). The van der Waals surface area contributed by atoms with Crippen LogP contribution in [0.25, 0.3) is 0 Å². The van der Waals surface area contributed by atoms with E-state index in [1.54, 1.807) is 7.05 Å². The summed E-state index contributed by atoms with van der Waals surface area (Å²) >= 11 is 0. The Hall–Kier alpha value is -2.15. The van der Waals surface area contributed by atoms with Gasteiger partial charge >= 0.3 is 26.9 Å². The molecule has 2 N–H and O–H groups in total. The Morgan fingerprint density at radius 2 is 1.64 bits per heavy atom. The minimum absolute atomic E-state index is 0.0155. The highest BCUT2D eigenvalue weighted by Crippen LogP contribution is 2.14. The monoisotopic (exact) mass is 421 g/mol. The maximum absolute atomic E-state index is 12.0. The number of likely N-dealkylation sites (N-methyl/N-ethyl adjacent to an activating group) is 1. The average Bonchev–Trinajstić information content (AvgIpc) is 2.71. The molecule has 0 atom stereocenters. The van der Waals surface area contributed by atoms with Gasteiger partial charge in [-0.2, -0.15) is 0 Å². The molecule has 0 rings (SSSR count). The highest BCUT2D eigenvalue weighted by molar-refractivity contribution is 6.60. The fourth-order valence-electron chi connectivity index (χ4n) is 1.98. The summed E-state index contributed by atoms with van der Waals surface area (Å²) in [5.74, 6) is -0.567. The molecule has 0 unspecified atom stereocenters. The van der Waals surface area contributed by atoms with E-state index >= 15 is 0 Å². The van der Waals surface area contributed by atoms with Crippen molar-refractivity contribution in [2.75, 3.05) is 61.2 Å². The number of nitrogens with one attached hydrogen (secondary N) is 2. The molecular formula is C16H31N3O8Si. The van der Waals surface area contributed by atoms with Gasteiger partial charge in [-0.1, -0.05) is 6.58 Å². The third-order valence-corrected chi connectivity index (χ3v) is 6.49. The van der Waals surface area contributed by atoms with Gasteiger partial charge in [0.25, 0.3) is 0 Å². The zero-order valence-electron chi connectivity index (χ0n) is 16.9. The molecule has 0 aliphatic rings. The number of hydrogen-bond acceptors (Lipinski definition) is 8. The third-order valence-electron chi connectivity index (χ3n) is 3.66. The van der Waals surface area contributed by atoms with Crippen molar-refractivity contribution in [3.05, 3.63) is 12.7 Å². The summed E-state index contributed by atoms with van der Waals surface area (Å²) in [6.07, 6.45) is 1.00. The smallest absolute Gasteiger partial charge is 0.461 e. The number of esters is 1. The van der Waals surface area contributed by atoms with Gasteiger partial charge in [-0.3, -0.25) is 0 Å². The molecule has 11 nitrogen and oxygen atoms in total. The van der Waals surface area contributed by atoms with E-state index in [1.807, 2.05) is 0 Å². The lowest BCUT2D eigenvalue weighted by Gasteiger charge is -2.24. The predicted octanol–water partition coefficient (Wildman–Crippen LogP) is 0.351. The Labute approximate surface area is 166 Å². The summed E-state index contributed by atoms with van der Waals surface area (Å²) in [6, 6.07) is 0.283. The van der Waals surface area contributed by atoms with Crippen LogP contribution in [0.4, 0.5) is 9.59 Å². The zero-order chi connectivity index (χ0) is 21.4. The van der Waals surface area contributed by atoms with Gasteiger partial charge in [0, 0.05) is 47.0 Å². The third kappa shape index (κ3) is 10.9. The molecule has 162 valence electrons. The van der Waals surface area contributed by atoms with Crippen LogP contribution in [-0.2, 0) is 27.5 Å². The van der Waals surface area contributed by atoms with E-state index < -0.39 is 20.9 Å². The number of urea groups is 1. The number of rotatable bonds is 14. The Morgan fingerprint density at radius 1 is 1.00 bits per heavy atom. The first-order valence-corrected chi connectivity index (χ1v) is 10.6. The van der Waals surface area contributed by atoms with E-state index in [9.17, 15) is 14.4 Å². The summed E-state index contributed by atoms with van der Waals surface area (Å²) in [7, 11) is 3.56. The molecule has 3 amide bonds. The summed E-state index contributed by atoms with van der Waals surface area (Å²) in [5, 5.41) is 5.17. The predicted molar refractivity (Wildman–Crippen MR) is 103 cm³/mol. The van der Waals surface area contributed by atoms with Gasteiger partial charge in [0.15, 0.2) is 0 Å². The molecule has 0 heterocycles. The van der Waals surface area contributed by atoms with Gasteiger partial charge in [0.05, 0.1) is 13.1 Å². The maximum atomic E-state index is 12.0. The van der Waals surface area contributed by atoms with Crippen molar-refractivity contribution in [3.63, 3.8) is 0 Å². The molecule has 0 aromatic heterocycles. The quantitative estimate of drug-likeness (QED) is 0.178. The van der Waals surface area contributed by atoms with E-state index in [-0.39, 0.29) is 32.3 Å². The average molecular weight is 422 g/mol. The van der Waals surface area contributed by atoms with Crippen molar-refractivity contribution in [2.24, 2.45) is 0 Å². The summed E-state index contributed by atoms with van der Waals surface area (Å²) in [5.41, 5.74) is 0. The van der Waals surface area contributed by atoms with E-state index in [1.165, 1.54) is 26.2 Å². The molecule has 0 saturated heterocycles. The Morgan fingerprint density at radius 3 is 2.21 bits per heavy atom. The lowest BCUT2D eigenvalue weighted by atomic mass is 10.5. The SMILES string of the molecule is C=CC(=O)OCCNC(=O)OCCN(C)C(=O)NCCC[Si](OC)(OC)OC. The number of carbonyl (C=O) groups excluding carboxylic acids is 3. The molecule has 0 aliphatic carbocycles. The van der Waals surface area contributed by atoms with Crippen LogP contribution in [0.3, 0.4) is 0 Å². The van der Waals surface area contributed by atoms with Crippen LogP contribution in [0.2, 0.25) is 6.04 Å². The molecule has 0 radical (unpaired) electrons. The summed E-state index contributed by atoms with van der Waals surface area (Å²) in [4.78, 5) is 35.6. The Bertz CT molecular complexity index is 494. The van der Waals surface area contributed by atoms with Crippen molar-refractivity contribution in [3.8, 4) is 0 Å². The Kier molecular flexibility index (Phi) is 13.7. The molecule has 12 heteroatoms. The largest absolute Gasteiger partial charge is 0.500 e. The van der Waals surface area contributed by atoms with Gasteiger partial charge in [-0.05, 0) is 6.42 Å². The van der Waals surface area contributed by atoms with Crippen molar-refractivity contribution >= 4 is 26.9 Å². The van der Waals surface area contributed by atoms with Gasteiger partial charge in [0.1, 0.15) is 13.2 Å². The zero-order valence-corrected chi connectivity index (χ0v) is 17.9. The van der Waals surface area contributed by atoms with Gasteiger partial charge < -0.3 is 38.3 Å². The second-order valence-corrected chi connectivity index (χ2v) is 8.58. The molecule has 0 bridgehead atoms. The number of nitrogens with zero attached hydrogens (tertiary/aromatic N) is 1. The van der Waals surface area contributed by atoms with Crippen LogP contribution in [-0.4, -0.2) is 93.0 Å². The molecule has 0 aromatic carbocycles. The van der Waals surface area contributed by atoms with Crippen LogP contribution >= 0.6 is 0 Å². The molecule has 0 aromatic rings. The lowest BCUT2D eigenvalue weighted by Crippen LogP contribution is -2.44. The molecule has 0 fully saturated rings. The fraction of sp³-hybridized carbons (Fsp3) is 0.688. The second kappa shape index (κ2) is 14.8. The van der Waals surface area contributed by atoms with E-state index in [2.05, 4.69) is 17.2 Å². The molecular weight excluding hydrogens is 390 g/mol. The molecule has 0 saturated carbocycles. The van der Waals surface area contributed by atoms with E-state index in [0.29, 0.717) is 19.0 Å². The minimum Gasteiger partial charge on any atom is -0.461 e. The second-order valence-electron chi connectivity index (χ2n) is 5.49. The van der Waals surface area contributed by atoms with Crippen LogP contribution < -0.4 is 10.6 Å². The molecule has 0 aliphatic heterocycles. The number of carbonyl (C=O) groups is 3. The highest BCUT2D eigenvalue weighted by atomic mass is 28.4. The van der Waals surface area contributed by atoms with Gasteiger partial charge in [-0.15, -0.1) is 0 Å². The number of hydrogen-bond donors (Lipinski definition) is 2. The molecule has 0 spiro atoms. The van der Waals surface area contributed by atoms with Crippen molar-refractivity contribution in [2.45, 2.75) is 12.5 Å². The topological polar surface area (TPSA) is 125 Å². The van der Waals surface area contributed by atoms with Gasteiger partial charge in [0.2, 0.25) is 0 Å². The van der Waals surface area contributed by atoms with Crippen LogP contribution in [0.5, 0.6) is 0 Å². The van der Waals surface area contributed by atoms with Crippen LogP contribution in [0.15, 0.2) is 12.7 Å². The normalized spacial score (nSPS) is 10.7. The Balaban J connectivity index is 3.87. The van der Waals surface area contributed by atoms with E-state index in [0.717, 1.165) is 6.08 Å². The summed E-state index contributed by atoms with van der Waals surface area (Å²) < 4.78 is 25.5.